The van der Waals surface area contributed by atoms with Gasteiger partial charge in [0.05, 0.1) is 6.04 Å². The monoisotopic (exact) mass is 577 g/mol. The zero-order valence-corrected chi connectivity index (χ0v) is 22.2. The zero-order valence-electron chi connectivity index (χ0n) is 19.9. The number of benzene rings is 2. The van der Waals surface area contributed by atoms with Crippen molar-refractivity contribution in [3.63, 3.8) is 0 Å². The minimum absolute atomic E-state index is 0. The van der Waals surface area contributed by atoms with E-state index in [1.54, 1.807) is 12.1 Å². The van der Waals surface area contributed by atoms with Gasteiger partial charge in [-0.1, -0.05) is 36.4 Å². The van der Waals surface area contributed by atoms with Crippen molar-refractivity contribution < 1.29 is 4.39 Å². The predicted octanol–water partition coefficient (Wildman–Crippen LogP) is 4.35. The maximum atomic E-state index is 13.7. The van der Waals surface area contributed by atoms with Crippen LogP contribution in [0.2, 0.25) is 0 Å². The van der Waals surface area contributed by atoms with E-state index < -0.39 is 0 Å². The number of hydrogen-bond donors (Lipinski definition) is 2. The Morgan fingerprint density at radius 3 is 2.68 bits per heavy atom. The minimum Gasteiger partial charge on any atom is -0.369 e. The molecule has 2 heterocycles. The summed E-state index contributed by atoms with van der Waals surface area (Å²) in [5.74, 6) is 2.20. The summed E-state index contributed by atoms with van der Waals surface area (Å²) in [7, 11) is 1.95. The van der Waals surface area contributed by atoms with Crippen molar-refractivity contribution in [2.75, 3.05) is 18.0 Å². The average Bonchev–Trinajstić information content (AvgIpc) is 3.15. The topological polar surface area (TPSA) is 70.4 Å². The van der Waals surface area contributed by atoms with E-state index >= 15 is 0 Å². The number of piperidine rings is 1. The van der Waals surface area contributed by atoms with E-state index in [0.29, 0.717) is 6.54 Å². The molecule has 1 aliphatic heterocycles. The van der Waals surface area contributed by atoms with Gasteiger partial charge in [0, 0.05) is 31.9 Å². The second kappa shape index (κ2) is 12.1. The van der Waals surface area contributed by atoms with Gasteiger partial charge in [-0.25, -0.2) is 9.38 Å². The van der Waals surface area contributed by atoms with Crippen LogP contribution in [-0.4, -0.2) is 39.9 Å². The highest BCUT2D eigenvalue weighted by atomic mass is 127. The molecule has 1 fully saturated rings. The molecule has 1 aromatic heterocycles. The molecule has 4 rings (SSSR count). The number of nitrogens with one attached hydrogen (secondary N) is 2. The van der Waals surface area contributed by atoms with Crippen molar-refractivity contribution >= 4 is 35.6 Å². The van der Waals surface area contributed by atoms with Crippen molar-refractivity contribution in [3.05, 3.63) is 77.6 Å². The number of hydrogen-bond acceptors (Lipinski definition) is 4. The smallest absolute Gasteiger partial charge is 0.192 e. The number of guanidine groups is 1. The molecular weight excluding hydrogens is 544 g/mol. The Kier molecular flexibility index (Phi) is 9.26. The largest absolute Gasteiger partial charge is 0.369 e. The van der Waals surface area contributed by atoms with Crippen molar-refractivity contribution in [2.24, 2.45) is 12.0 Å². The fraction of sp³-hybridized carbons (Fsp3) is 0.400. The molecule has 1 saturated heterocycles. The first-order chi connectivity index (χ1) is 16.0. The molecule has 0 bridgehead atoms. The van der Waals surface area contributed by atoms with Gasteiger partial charge in [0.1, 0.15) is 18.2 Å². The summed E-state index contributed by atoms with van der Waals surface area (Å²) in [6.07, 6.45) is 2.05. The standard InChI is InChI=1S/C25H32FN7.HI/c1-18(20-9-5-4-6-10-20)28-25(27-16-24-31-30-19(2)32(24)3)29-22-12-8-14-33(17-22)23-13-7-11-21(26)15-23;/h4-7,9-11,13,15,18,22H,8,12,14,16-17H2,1-3H3,(H2,27,28,29);1H. The number of aromatic nitrogens is 3. The molecule has 7 nitrogen and oxygen atoms in total. The number of nitrogens with zero attached hydrogens (tertiary/aromatic N) is 5. The van der Waals surface area contributed by atoms with Crippen LogP contribution < -0.4 is 15.5 Å². The quantitative estimate of drug-likeness (QED) is 0.259. The maximum absolute atomic E-state index is 13.7. The lowest BCUT2D eigenvalue weighted by atomic mass is 10.0. The van der Waals surface area contributed by atoms with Crippen LogP contribution in [0.5, 0.6) is 0 Å². The molecule has 0 radical (unpaired) electrons. The van der Waals surface area contributed by atoms with Gasteiger partial charge in [0.15, 0.2) is 11.8 Å². The summed E-state index contributed by atoms with van der Waals surface area (Å²) in [5.41, 5.74) is 2.10. The van der Waals surface area contributed by atoms with Crippen LogP contribution in [0.3, 0.4) is 0 Å². The van der Waals surface area contributed by atoms with E-state index in [0.717, 1.165) is 49.2 Å². The highest BCUT2D eigenvalue weighted by Gasteiger charge is 2.22. The molecule has 0 spiro atoms. The highest BCUT2D eigenvalue weighted by Crippen LogP contribution is 2.21. The molecular formula is C25H33FIN7. The second-order valence-electron chi connectivity index (χ2n) is 8.57. The zero-order chi connectivity index (χ0) is 23.2. The van der Waals surface area contributed by atoms with Crippen molar-refractivity contribution in [2.45, 2.75) is 45.3 Å². The molecule has 2 atom stereocenters. The lowest BCUT2D eigenvalue weighted by Gasteiger charge is -2.35. The van der Waals surface area contributed by atoms with Crippen molar-refractivity contribution in [3.8, 4) is 0 Å². The summed E-state index contributed by atoms with van der Waals surface area (Å²) in [5, 5.41) is 15.5. The third kappa shape index (κ3) is 6.68. The van der Waals surface area contributed by atoms with E-state index in [-0.39, 0.29) is 41.9 Å². The molecule has 34 heavy (non-hydrogen) atoms. The van der Waals surface area contributed by atoms with Gasteiger partial charge >= 0.3 is 0 Å². The molecule has 0 aliphatic carbocycles. The normalized spacial score (nSPS) is 17.1. The maximum Gasteiger partial charge on any atom is 0.192 e. The summed E-state index contributed by atoms with van der Waals surface area (Å²) in [4.78, 5) is 7.06. The minimum atomic E-state index is -0.206. The highest BCUT2D eigenvalue weighted by molar-refractivity contribution is 14.0. The lowest BCUT2D eigenvalue weighted by molar-refractivity contribution is 0.464. The molecule has 182 valence electrons. The average molecular weight is 577 g/mol. The Balaban J connectivity index is 0.00000324. The third-order valence-corrected chi connectivity index (χ3v) is 6.15. The lowest BCUT2D eigenvalue weighted by Crippen LogP contribution is -2.51. The van der Waals surface area contributed by atoms with Crippen LogP contribution in [0.1, 0.15) is 43.0 Å². The summed E-state index contributed by atoms with van der Waals surface area (Å²) in [6.45, 7) is 6.18. The van der Waals surface area contributed by atoms with Gasteiger partial charge in [-0.15, -0.1) is 34.2 Å². The van der Waals surface area contributed by atoms with E-state index in [4.69, 9.17) is 4.99 Å². The van der Waals surface area contributed by atoms with Gasteiger partial charge < -0.3 is 20.1 Å². The number of anilines is 1. The van der Waals surface area contributed by atoms with E-state index in [1.165, 1.54) is 11.6 Å². The first-order valence-corrected chi connectivity index (χ1v) is 11.5. The first-order valence-electron chi connectivity index (χ1n) is 11.5. The van der Waals surface area contributed by atoms with Crippen molar-refractivity contribution in [1.29, 1.82) is 0 Å². The Hall–Kier alpha value is -2.69. The first kappa shape index (κ1) is 25.9. The van der Waals surface area contributed by atoms with E-state index in [1.807, 2.05) is 42.8 Å². The Morgan fingerprint density at radius 1 is 1.18 bits per heavy atom. The molecule has 2 N–H and O–H groups in total. The Labute approximate surface area is 217 Å². The van der Waals surface area contributed by atoms with E-state index in [2.05, 4.69) is 44.8 Å². The van der Waals surface area contributed by atoms with Crippen LogP contribution in [0.25, 0.3) is 0 Å². The SMILES string of the molecule is Cc1nnc(CN=C(NC2CCCN(c3cccc(F)c3)C2)NC(C)c2ccccc2)n1C.I. The molecule has 2 aromatic carbocycles. The molecule has 2 unspecified atom stereocenters. The fourth-order valence-electron chi connectivity index (χ4n) is 4.10. The summed E-state index contributed by atoms with van der Waals surface area (Å²) in [6, 6.07) is 17.4. The summed E-state index contributed by atoms with van der Waals surface area (Å²) >= 11 is 0. The molecule has 1 aliphatic rings. The van der Waals surface area contributed by atoms with Gasteiger partial charge in [0.25, 0.3) is 0 Å². The molecule has 0 saturated carbocycles. The number of rotatable bonds is 6. The second-order valence-corrected chi connectivity index (χ2v) is 8.57. The van der Waals surface area contributed by atoms with Gasteiger partial charge in [-0.05, 0) is 50.5 Å². The summed E-state index contributed by atoms with van der Waals surface area (Å²) < 4.78 is 15.7. The third-order valence-electron chi connectivity index (χ3n) is 6.15. The fourth-order valence-corrected chi connectivity index (χ4v) is 4.10. The number of aliphatic imine (C=N–C) groups is 1. The van der Waals surface area contributed by atoms with Gasteiger partial charge in [-0.3, -0.25) is 0 Å². The van der Waals surface area contributed by atoms with Gasteiger partial charge in [0.2, 0.25) is 0 Å². The van der Waals surface area contributed by atoms with Crippen LogP contribution >= 0.6 is 24.0 Å². The van der Waals surface area contributed by atoms with E-state index in [9.17, 15) is 4.39 Å². The van der Waals surface area contributed by atoms with Crippen LogP contribution in [0.15, 0.2) is 59.6 Å². The van der Waals surface area contributed by atoms with Crippen molar-refractivity contribution in [1.82, 2.24) is 25.4 Å². The predicted molar refractivity (Wildman–Crippen MR) is 145 cm³/mol. The Morgan fingerprint density at radius 2 is 1.97 bits per heavy atom. The number of halogens is 2. The van der Waals surface area contributed by atoms with Gasteiger partial charge in [-0.2, -0.15) is 0 Å². The molecule has 9 heteroatoms. The number of aryl methyl sites for hydroxylation is 1. The molecule has 0 amide bonds. The van der Waals surface area contributed by atoms with Crippen LogP contribution in [0.4, 0.5) is 10.1 Å². The van der Waals surface area contributed by atoms with Crippen LogP contribution in [-0.2, 0) is 13.6 Å². The molecule has 3 aromatic rings. The van der Waals surface area contributed by atoms with Crippen LogP contribution in [0, 0.1) is 12.7 Å². The Bertz CT molecular complexity index is 1090.